The maximum absolute atomic E-state index is 12.0. The Hall–Kier alpha value is -2.59. The van der Waals surface area contributed by atoms with Crippen LogP contribution in [0.3, 0.4) is 0 Å². The fraction of sp³-hybridized carbons (Fsp3) is 0.286. The van der Waals surface area contributed by atoms with E-state index in [2.05, 4.69) is 30.4 Å². The van der Waals surface area contributed by atoms with Crippen LogP contribution in [0.2, 0.25) is 0 Å². The van der Waals surface area contributed by atoms with Gasteiger partial charge in [-0.1, -0.05) is 30.3 Å². The predicted octanol–water partition coefficient (Wildman–Crippen LogP) is 4.03. The number of carbonyl (C=O) groups excluding carboxylic acids is 1. The number of nitrogens with one attached hydrogen (secondary N) is 1. The van der Waals surface area contributed by atoms with E-state index < -0.39 is 0 Å². The highest BCUT2D eigenvalue weighted by molar-refractivity contribution is 5.94. The molecule has 0 aliphatic carbocycles. The van der Waals surface area contributed by atoms with E-state index in [1.54, 1.807) is 19.0 Å². The van der Waals surface area contributed by atoms with Crippen molar-refractivity contribution in [3.63, 3.8) is 0 Å². The second kappa shape index (κ2) is 7.53. The maximum Gasteiger partial charge on any atom is 0.253 e. The number of amides is 1. The topological polar surface area (TPSA) is 45.5 Å². The molecule has 0 bridgehead atoms. The molecule has 3 rings (SSSR count). The molecule has 0 aliphatic heterocycles. The Kier molecular flexibility index (Phi) is 5.19. The quantitative estimate of drug-likeness (QED) is 0.739. The van der Waals surface area contributed by atoms with Crippen molar-refractivity contribution in [1.29, 1.82) is 0 Å². The zero-order valence-electron chi connectivity index (χ0n) is 15.0. The minimum absolute atomic E-state index is 0.0328. The van der Waals surface area contributed by atoms with Crippen LogP contribution in [0.25, 0.3) is 11.0 Å². The van der Waals surface area contributed by atoms with Gasteiger partial charge in [0, 0.05) is 25.0 Å². The Morgan fingerprint density at radius 3 is 2.68 bits per heavy atom. The van der Waals surface area contributed by atoms with Gasteiger partial charge in [0.1, 0.15) is 11.3 Å². The lowest BCUT2D eigenvalue weighted by molar-refractivity contribution is 0.0827. The number of nitrogens with zero attached hydrogens (tertiary/aromatic N) is 1. The summed E-state index contributed by atoms with van der Waals surface area (Å²) in [5.41, 5.74) is 2.80. The summed E-state index contributed by atoms with van der Waals surface area (Å²) in [5, 5.41) is 4.62. The van der Waals surface area contributed by atoms with Gasteiger partial charge in [0.25, 0.3) is 5.91 Å². The monoisotopic (exact) mass is 336 g/mol. The summed E-state index contributed by atoms with van der Waals surface area (Å²) in [6.07, 6.45) is 0.860. The summed E-state index contributed by atoms with van der Waals surface area (Å²) in [6, 6.07) is 18.1. The first-order valence-corrected chi connectivity index (χ1v) is 8.57. The first-order chi connectivity index (χ1) is 12.0. The number of fused-ring (bicyclic) bond motifs is 1. The third kappa shape index (κ3) is 4.09. The highest BCUT2D eigenvalue weighted by Crippen LogP contribution is 2.23. The molecule has 1 atom stereocenters. The summed E-state index contributed by atoms with van der Waals surface area (Å²) < 4.78 is 5.90. The van der Waals surface area contributed by atoms with E-state index in [1.165, 1.54) is 0 Å². The fourth-order valence-electron chi connectivity index (χ4n) is 2.87. The molecule has 0 fully saturated rings. The summed E-state index contributed by atoms with van der Waals surface area (Å²) >= 11 is 0. The third-order valence-corrected chi connectivity index (χ3v) is 4.32. The number of furan rings is 1. The molecular formula is C21H24N2O2. The van der Waals surface area contributed by atoms with E-state index in [-0.39, 0.29) is 11.9 Å². The molecular weight excluding hydrogens is 312 g/mol. The standard InChI is InChI=1S/C21H24N2O2/c1-15(20-14-17-8-4-5-10-19(17)25-20)22-12-11-16-7-6-9-18(13-16)21(24)23(2)3/h4-10,13-15,22H,11-12H2,1-3H3. The van der Waals surface area contributed by atoms with Crippen molar-refractivity contribution in [2.75, 3.05) is 20.6 Å². The van der Waals surface area contributed by atoms with Gasteiger partial charge >= 0.3 is 0 Å². The molecule has 0 saturated carbocycles. The van der Waals surface area contributed by atoms with E-state index >= 15 is 0 Å². The summed E-state index contributed by atoms with van der Waals surface area (Å²) in [6.45, 7) is 2.92. The summed E-state index contributed by atoms with van der Waals surface area (Å²) in [7, 11) is 3.54. The van der Waals surface area contributed by atoms with Gasteiger partial charge in [-0.05, 0) is 49.7 Å². The fourth-order valence-corrected chi connectivity index (χ4v) is 2.87. The van der Waals surface area contributed by atoms with Crippen molar-refractivity contribution >= 4 is 16.9 Å². The first kappa shape index (κ1) is 17.2. The average molecular weight is 336 g/mol. The van der Waals surface area contributed by atoms with Gasteiger partial charge in [-0.25, -0.2) is 0 Å². The van der Waals surface area contributed by atoms with Crippen LogP contribution in [-0.4, -0.2) is 31.4 Å². The number of para-hydroxylation sites is 1. The second-order valence-electron chi connectivity index (χ2n) is 6.51. The predicted molar refractivity (Wildman–Crippen MR) is 101 cm³/mol. The van der Waals surface area contributed by atoms with E-state index in [0.717, 1.165) is 40.8 Å². The molecule has 1 unspecified atom stereocenters. The van der Waals surface area contributed by atoms with Crippen LogP contribution in [0.5, 0.6) is 0 Å². The van der Waals surface area contributed by atoms with Crippen LogP contribution in [0.15, 0.2) is 59.0 Å². The molecule has 4 nitrogen and oxygen atoms in total. The highest BCUT2D eigenvalue weighted by Gasteiger charge is 2.11. The lowest BCUT2D eigenvalue weighted by atomic mass is 10.1. The molecule has 0 spiro atoms. The van der Waals surface area contributed by atoms with Crippen LogP contribution in [0.4, 0.5) is 0 Å². The second-order valence-corrected chi connectivity index (χ2v) is 6.51. The number of rotatable bonds is 6. The summed E-state index contributed by atoms with van der Waals surface area (Å²) in [4.78, 5) is 13.6. The Labute approximate surface area is 148 Å². The Morgan fingerprint density at radius 2 is 1.92 bits per heavy atom. The molecule has 1 heterocycles. The van der Waals surface area contributed by atoms with Crippen molar-refractivity contribution < 1.29 is 9.21 Å². The van der Waals surface area contributed by atoms with Gasteiger partial charge in [0.15, 0.2) is 0 Å². The van der Waals surface area contributed by atoms with Gasteiger partial charge in [-0.2, -0.15) is 0 Å². The minimum atomic E-state index is 0.0328. The lowest BCUT2D eigenvalue weighted by Crippen LogP contribution is -2.22. The largest absolute Gasteiger partial charge is 0.459 e. The van der Waals surface area contributed by atoms with Crippen LogP contribution in [0.1, 0.15) is 34.6 Å². The van der Waals surface area contributed by atoms with E-state index in [9.17, 15) is 4.79 Å². The molecule has 0 saturated heterocycles. The van der Waals surface area contributed by atoms with E-state index in [0.29, 0.717) is 0 Å². The number of benzene rings is 2. The van der Waals surface area contributed by atoms with Crippen molar-refractivity contribution in [2.24, 2.45) is 0 Å². The SMILES string of the molecule is CC(NCCc1cccc(C(=O)N(C)C)c1)c1cc2ccccc2o1. The molecule has 3 aromatic rings. The summed E-state index contributed by atoms with van der Waals surface area (Å²) in [5.74, 6) is 0.975. The number of hydrogen-bond acceptors (Lipinski definition) is 3. The highest BCUT2D eigenvalue weighted by atomic mass is 16.3. The lowest BCUT2D eigenvalue weighted by Gasteiger charge is -2.13. The van der Waals surface area contributed by atoms with E-state index in [4.69, 9.17) is 4.42 Å². The molecule has 2 aromatic carbocycles. The average Bonchev–Trinajstić information content (AvgIpc) is 3.05. The normalized spacial score (nSPS) is 12.3. The van der Waals surface area contributed by atoms with Crippen molar-refractivity contribution in [1.82, 2.24) is 10.2 Å². The van der Waals surface area contributed by atoms with Gasteiger partial charge in [-0.3, -0.25) is 4.79 Å². The molecule has 4 heteroatoms. The van der Waals surface area contributed by atoms with Crippen LogP contribution >= 0.6 is 0 Å². The molecule has 0 radical (unpaired) electrons. The maximum atomic E-state index is 12.0. The van der Waals surface area contributed by atoms with Gasteiger partial charge < -0.3 is 14.6 Å². The van der Waals surface area contributed by atoms with Crippen LogP contribution in [0, 0.1) is 0 Å². The zero-order valence-corrected chi connectivity index (χ0v) is 15.0. The van der Waals surface area contributed by atoms with Gasteiger partial charge in [-0.15, -0.1) is 0 Å². The smallest absolute Gasteiger partial charge is 0.253 e. The molecule has 0 aliphatic rings. The van der Waals surface area contributed by atoms with Gasteiger partial charge in [0.05, 0.1) is 6.04 Å². The van der Waals surface area contributed by atoms with Crippen molar-refractivity contribution in [2.45, 2.75) is 19.4 Å². The molecule has 1 amide bonds. The molecule has 1 aromatic heterocycles. The zero-order chi connectivity index (χ0) is 17.8. The third-order valence-electron chi connectivity index (χ3n) is 4.32. The van der Waals surface area contributed by atoms with Crippen LogP contribution < -0.4 is 5.32 Å². The molecule has 1 N–H and O–H groups in total. The number of hydrogen-bond donors (Lipinski definition) is 1. The Bertz CT molecular complexity index is 834. The Morgan fingerprint density at radius 1 is 1.12 bits per heavy atom. The van der Waals surface area contributed by atoms with Crippen LogP contribution in [-0.2, 0) is 6.42 Å². The molecule has 130 valence electrons. The van der Waals surface area contributed by atoms with Crippen molar-refractivity contribution in [3.8, 4) is 0 Å². The van der Waals surface area contributed by atoms with Gasteiger partial charge in [0.2, 0.25) is 0 Å². The first-order valence-electron chi connectivity index (χ1n) is 8.57. The minimum Gasteiger partial charge on any atom is -0.459 e. The molecule has 25 heavy (non-hydrogen) atoms. The number of carbonyl (C=O) groups is 1. The van der Waals surface area contributed by atoms with Crippen molar-refractivity contribution in [3.05, 3.63) is 71.5 Å². The Balaban J connectivity index is 1.59. The van der Waals surface area contributed by atoms with E-state index in [1.807, 2.05) is 36.4 Å².